The molecule has 3 aliphatic heterocycles. The number of carbonyl (C=O) groups is 1. The van der Waals surface area contributed by atoms with Gasteiger partial charge in [0, 0.05) is 39.3 Å². The lowest BCUT2D eigenvalue weighted by atomic mass is 10.1. The molecule has 2 unspecified atom stereocenters. The van der Waals surface area contributed by atoms with Crippen molar-refractivity contribution in [2.45, 2.75) is 12.2 Å². The van der Waals surface area contributed by atoms with Crippen LogP contribution in [0.2, 0.25) is 0 Å². The maximum atomic E-state index is 11.5. The summed E-state index contributed by atoms with van der Waals surface area (Å²) in [5.74, 6) is 0. The Morgan fingerprint density at radius 3 is 2.50 bits per heavy atom. The highest BCUT2D eigenvalue weighted by molar-refractivity contribution is 5.59. The molecule has 0 spiro atoms. The van der Waals surface area contributed by atoms with Gasteiger partial charge in [0.2, 0.25) is 0 Å². The van der Waals surface area contributed by atoms with E-state index >= 15 is 0 Å². The fraction of sp³-hybridized carbons (Fsp3) is 0.889. The predicted molar refractivity (Wildman–Crippen MR) is 64.0 cm³/mol. The van der Waals surface area contributed by atoms with Crippen LogP contribution in [0.25, 0.3) is 0 Å². The molecule has 9 nitrogen and oxygen atoms in total. The number of nitrogens with one attached hydrogen (secondary N) is 5. The largest absolute Gasteiger partial charge is 0.301 e. The maximum absolute atomic E-state index is 11.5. The van der Waals surface area contributed by atoms with Gasteiger partial charge in [-0.05, 0) is 0 Å². The maximum Gasteiger partial charge on any atom is 0.141 e. The van der Waals surface area contributed by atoms with E-state index < -0.39 is 0 Å². The quantitative estimate of drug-likeness (QED) is 0.328. The van der Waals surface area contributed by atoms with E-state index in [1.807, 2.05) is 10.1 Å². The predicted octanol–water partition coefficient (Wildman–Crippen LogP) is -3.65. The lowest BCUT2D eigenvalue weighted by molar-refractivity contribution is -0.146. The van der Waals surface area contributed by atoms with Crippen molar-refractivity contribution in [3.63, 3.8) is 0 Å². The molecule has 0 aromatic heterocycles. The number of rotatable bonds is 3. The minimum absolute atomic E-state index is 0.0198. The van der Waals surface area contributed by atoms with E-state index in [-0.39, 0.29) is 12.2 Å². The molecule has 3 rings (SSSR count). The molecule has 3 aliphatic rings. The smallest absolute Gasteiger partial charge is 0.141 e. The van der Waals surface area contributed by atoms with Gasteiger partial charge < -0.3 is 4.79 Å². The van der Waals surface area contributed by atoms with Crippen molar-refractivity contribution in [2.75, 3.05) is 39.3 Å². The average molecular weight is 256 g/mol. The normalized spacial score (nSPS) is 36.2. The Bertz CT molecular complexity index is 266. The van der Waals surface area contributed by atoms with Gasteiger partial charge in [0.15, 0.2) is 0 Å². The second-order valence-corrected chi connectivity index (χ2v) is 4.58. The Morgan fingerprint density at radius 1 is 1.00 bits per heavy atom. The van der Waals surface area contributed by atoms with Crippen molar-refractivity contribution in [1.82, 2.24) is 42.4 Å². The summed E-state index contributed by atoms with van der Waals surface area (Å²) in [5, 5.41) is 9.49. The molecule has 0 radical (unpaired) electrons. The highest BCUT2D eigenvalue weighted by Gasteiger charge is 2.39. The van der Waals surface area contributed by atoms with Gasteiger partial charge in [0.1, 0.15) is 12.3 Å². The first-order chi connectivity index (χ1) is 8.90. The van der Waals surface area contributed by atoms with Gasteiger partial charge in [0.05, 0.1) is 6.17 Å². The average Bonchev–Trinajstić information content (AvgIpc) is 3.10. The van der Waals surface area contributed by atoms with Crippen LogP contribution >= 0.6 is 0 Å². The van der Waals surface area contributed by atoms with Crippen molar-refractivity contribution in [1.29, 1.82) is 0 Å². The van der Waals surface area contributed by atoms with E-state index in [0.717, 1.165) is 45.6 Å². The SMILES string of the molecule is O=CC1C(N2CCNN2)NCCN1N1CCNN1. The van der Waals surface area contributed by atoms with Crippen molar-refractivity contribution >= 4 is 6.29 Å². The first kappa shape index (κ1) is 12.4. The molecular weight excluding hydrogens is 236 g/mol. The fourth-order valence-corrected chi connectivity index (χ4v) is 2.64. The molecule has 5 N–H and O–H groups in total. The highest BCUT2D eigenvalue weighted by atomic mass is 16.1. The van der Waals surface area contributed by atoms with Gasteiger partial charge in [0.25, 0.3) is 0 Å². The number of piperazine rings is 1. The van der Waals surface area contributed by atoms with Crippen LogP contribution in [-0.2, 0) is 4.79 Å². The van der Waals surface area contributed by atoms with E-state index in [9.17, 15) is 4.79 Å². The van der Waals surface area contributed by atoms with Crippen LogP contribution in [0.15, 0.2) is 0 Å². The van der Waals surface area contributed by atoms with E-state index in [0.29, 0.717) is 0 Å². The summed E-state index contributed by atoms with van der Waals surface area (Å²) in [4.78, 5) is 11.5. The van der Waals surface area contributed by atoms with Crippen LogP contribution in [0.1, 0.15) is 0 Å². The van der Waals surface area contributed by atoms with Crippen LogP contribution in [-0.4, -0.2) is 72.9 Å². The van der Waals surface area contributed by atoms with Crippen molar-refractivity contribution in [3.05, 3.63) is 0 Å². The molecule has 3 fully saturated rings. The van der Waals surface area contributed by atoms with E-state index in [4.69, 9.17) is 0 Å². The number of carbonyl (C=O) groups excluding carboxylic acids is 1. The minimum Gasteiger partial charge on any atom is -0.301 e. The number of aldehydes is 1. The zero-order chi connectivity index (χ0) is 12.4. The van der Waals surface area contributed by atoms with Gasteiger partial charge in [-0.2, -0.15) is 16.2 Å². The topological polar surface area (TPSA) is 86.9 Å². The molecule has 9 heteroatoms. The van der Waals surface area contributed by atoms with Crippen LogP contribution in [0, 0.1) is 0 Å². The summed E-state index contributed by atoms with van der Waals surface area (Å²) in [6, 6.07) is -0.210. The Morgan fingerprint density at radius 2 is 1.83 bits per heavy atom. The summed E-state index contributed by atoms with van der Waals surface area (Å²) in [6.45, 7) is 5.17. The lowest BCUT2D eigenvalue weighted by Crippen LogP contribution is -2.70. The molecule has 0 aromatic carbocycles. The van der Waals surface area contributed by atoms with E-state index in [1.54, 1.807) is 0 Å². The van der Waals surface area contributed by atoms with Gasteiger partial charge in [-0.25, -0.2) is 20.9 Å². The number of hydrazine groups is 5. The van der Waals surface area contributed by atoms with Crippen LogP contribution in [0.3, 0.4) is 0 Å². The van der Waals surface area contributed by atoms with Gasteiger partial charge in [-0.15, -0.1) is 0 Å². The summed E-state index contributed by atoms with van der Waals surface area (Å²) in [7, 11) is 0. The number of hydrogen-bond acceptors (Lipinski definition) is 9. The molecule has 0 aliphatic carbocycles. The summed E-state index contributed by atoms with van der Waals surface area (Å²) in [6.07, 6.45) is 0.991. The Kier molecular flexibility index (Phi) is 3.82. The molecule has 3 heterocycles. The summed E-state index contributed by atoms with van der Waals surface area (Å²) < 4.78 is 0. The third kappa shape index (κ3) is 2.27. The minimum atomic E-state index is -0.210. The molecule has 0 bridgehead atoms. The zero-order valence-electron chi connectivity index (χ0n) is 10.2. The Labute approximate surface area is 106 Å². The Hall–Kier alpha value is -0.650. The van der Waals surface area contributed by atoms with E-state index in [1.165, 1.54) is 0 Å². The molecule has 0 saturated carbocycles. The number of hydrogen-bond donors (Lipinski definition) is 5. The first-order valence-electron chi connectivity index (χ1n) is 6.36. The second kappa shape index (κ2) is 5.55. The summed E-state index contributed by atoms with van der Waals surface area (Å²) in [5.41, 5.74) is 12.3. The third-order valence-electron chi connectivity index (χ3n) is 3.50. The molecule has 18 heavy (non-hydrogen) atoms. The van der Waals surface area contributed by atoms with Gasteiger partial charge >= 0.3 is 0 Å². The van der Waals surface area contributed by atoms with Gasteiger partial charge in [-0.3, -0.25) is 5.32 Å². The molecule has 3 saturated heterocycles. The van der Waals surface area contributed by atoms with E-state index in [2.05, 4.69) is 32.2 Å². The Balaban J connectivity index is 1.71. The molecule has 2 atom stereocenters. The lowest BCUT2D eigenvalue weighted by Gasteiger charge is -2.45. The number of nitrogens with zero attached hydrogens (tertiary/aromatic N) is 3. The van der Waals surface area contributed by atoms with Crippen molar-refractivity contribution in [3.8, 4) is 0 Å². The van der Waals surface area contributed by atoms with Crippen LogP contribution in [0.5, 0.6) is 0 Å². The molecule has 0 amide bonds. The monoisotopic (exact) mass is 256 g/mol. The van der Waals surface area contributed by atoms with Crippen molar-refractivity contribution in [2.24, 2.45) is 0 Å². The molecular formula is C9H20N8O. The second-order valence-electron chi connectivity index (χ2n) is 4.58. The zero-order valence-corrected chi connectivity index (χ0v) is 10.2. The van der Waals surface area contributed by atoms with Gasteiger partial charge in [-0.1, -0.05) is 0 Å². The van der Waals surface area contributed by atoms with Crippen LogP contribution in [0.4, 0.5) is 0 Å². The molecule has 102 valence electrons. The van der Waals surface area contributed by atoms with Crippen molar-refractivity contribution < 1.29 is 4.79 Å². The highest BCUT2D eigenvalue weighted by Crippen LogP contribution is 2.13. The summed E-state index contributed by atoms with van der Waals surface area (Å²) >= 11 is 0. The third-order valence-corrected chi connectivity index (χ3v) is 3.50. The fourth-order valence-electron chi connectivity index (χ4n) is 2.64. The molecule has 0 aromatic rings. The van der Waals surface area contributed by atoms with Crippen LogP contribution < -0.4 is 27.2 Å². The standard InChI is InChI=1S/C9H20N8O/c18-7-8-9(15-4-2-11-13-15)10-1-5-16(8)17-6-3-12-14-17/h7-14H,1-6H2. The first-order valence-corrected chi connectivity index (χ1v) is 6.36.